The minimum Gasteiger partial charge on any atom is -0.462 e. The number of aromatic nitrogens is 2. The SMILES string of the molecule is C[C@]12CCC[C@@]3(CO3)[C@H]1C[C@H]1[C@@H](C2)OC(=O)[C@@H]1C[NH+]1CCN(c2ncccn2)CC1. The monoisotopic (exact) mass is 413 g/mol. The van der Waals surface area contributed by atoms with Crippen LogP contribution < -0.4 is 9.80 Å². The van der Waals surface area contributed by atoms with Crippen molar-refractivity contribution in [1.29, 1.82) is 0 Å². The topological polar surface area (TPSA) is 72.3 Å². The summed E-state index contributed by atoms with van der Waals surface area (Å²) >= 11 is 0. The fourth-order valence-corrected chi connectivity index (χ4v) is 7.18. The number of nitrogens with one attached hydrogen (secondary N) is 1. The number of fused-ring (bicyclic) bond motifs is 3. The van der Waals surface area contributed by atoms with Gasteiger partial charge >= 0.3 is 5.97 Å². The number of carbonyl (C=O) groups excluding carboxylic acids is 1. The molecule has 0 bridgehead atoms. The Morgan fingerprint density at radius 1 is 1.23 bits per heavy atom. The highest BCUT2D eigenvalue weighted by Crippen LogP contribution is 2.62. The summed E-state index contributed by atoms with van der Waals surface area (Å²) in [5.41, 5.74) is 0.404. The Balaban J connectivity index is 1.12. The summed E-state index contributed by atoms with van der Waals surface area (Å²) in [7, 11) is 0. The molecule has 1 spiro atoms. The van der Waals surface area contributed by atoms with Gasteiger partial charge in [-0.3, -0.25) is 4.79 Å². The molecule has 0 aromatic carbocycles. The van der Waals surface area contributed by atoms with Crippen LogP contribution in [-0.2, 0) is 14.3 Å². The minimum atomic E-state index is 0.0480. The summed E-state index contributed by atoms with van der Waals surface area (Å²) in [5.74, 6) is 1.89. The molecule has 7 heteroatoms. The normalized spacial score (nSPS) is 43.2. The number of epoxide rings is 1. The molecule has 0 radical (unpaired) electrons. The van der Waals surface area contributed by atoms with Gasteiger partial charge in [0.05, 0.1) is 44.9 Å². The molecule has 6 rings (SSSR count). The molecule has 0 amide bonds. The number of hydrogen-bond donors (Lipinski definition) is 1. The molecule has 7 nitrogen and oxygen atoms in total. The van der Waals surface area contributed by atoms with Crippen LogP contribution in [-0.4, -0.2) is 67.0 Å². The van der Waals surface area contributed by atoms with Crippen molar-refractivity contribution in [2.75, 3.05) is 44.2 Å². The Morgan fingerprint density at radius 3 is 2.73 bits per heavy atom. The first-order valence-electron chi connectivity index (χ1n) is 11.8. The van der Waals surface area contributed by atoms with Crippen LogP contribution in [0.3, 0.4) is 0 Å². The molecule has 3 saturated heterocycles. The molecule has 30 heavy (non-hydrogen) atoms. The lowest BCUT2D eigenvalue weighted by atomic mass is 9.53. The number of piperazine rings is 1. The maximum absolute atomic E-state index is 12.9. The zero-order valence-corrected chi connectivity index (χ0v) is 17.9. The summed E-state index contributed by atoms with van der Waals surface area (Å²) in [6, 6.07) is 1.85. The fourth-order valence-electron chi connectivity index (χ4n) is 7.18. The number of esters is 1. The van der Waals surface area contributed by atoms with Crippen LogP contribution in [0.25, 0.3) is 0 Å². The summed E-state index contributed by atoms with van der Waals surface area (Å²) in [5, 5.41) is 0. The van der Waals surface area contributed by atoms with Crippen molar-refractivity contribution < 1.29 is 19.2 Å². The smallest absolute Gasteiger partial charge is 0.315 e. The van der Waals surface area contributed by atoms with Gasteiger partial charge in [0.1, 0.15) is 12.0 Å². The molecule has 5 fully saturated rings. The molecule has 162 valence electrons. The Kier molecular flexibility index (Phi) is 4.36. The Morgan fingerprint density at radius 2 is 2.00 bits per heavy atom. The predicted octanol–water partition coefficient (Wildman–Crippen LogP) is 0.709. The van der Waals surface area contributed by atoms with Gasteiger partial charge in [-0.25, -0.2) is 9.97 Å². The summed E-state index contributed by atoms with van der Waals surface area (Å²) in [6.07, 6.45) is 9.57. The van der Waals surface area contributed by atoms with Crippen LogP contribution >= 0.6 is 0 Å². The van der Waals surface area contributed by atoms with E-state index in [0.29, 0.717) is 11.8 Å². The second-order valence-electron chi connectivity index (χ2n) is 10.6. The second kappa shape index (κ2) is 6.89. The number of ether oxygens (including phenoxy) is 2. The van der Waals surface area contributed by atoms with Gasteiger partial charge in [-0.15, -0.1) is 0 Å². The van der Waals surface area contributed by atoms with Crippen LogP contribution in [0.1, 0.15) is 39.0 Å². The Hall–Kier alpha value is -1.73. The van der Waals surface area contributed by atoms with Gasteiger partial charge < -0.3 is 19.3 Å². The molecule has 2 aliphatic carbocycles. The van der Waals surface area contributed by atoms with Gasteiger partial charge in [-0.2, -0.15) is 0 Å². The quantitative estimate of drug-likeness (QED) is 0.581. The lowest BCUT2D eigenvalue weighted by Crippen LogP contribution is -3.15. The average Bonchev–Trinajstić information content (AvgIpc) is 3.46. The second-order valence-corrected chi connectivity index (χ2v) is 10.6. The summed E-state index contributed by atoms with van der Waals surface area (Å²) in [4.78, 5) is 25.4. The first-order valence-corrected chi connectivity index (χ1v) is 11.8. The molecule has 1 N–H and O–H groups in total. The zero-order chi connectivity index (χ0) is 20.3. The fraction of sp³-hybridized carbons (Fsp3) is 0.783. The van der Waals surface area contributed by atoms with Crippen LogP contribution in [0.2, 0.25) is 0 Å². The largest absolute Gasteiger partial charge is 0.462 e. The van der Waals surface area contributed by atoms with Crippen LogP contribution in [0.15, 0.2) is 18.5 Å². The third-order valence-corrected chi connectivity index (χ3v) is 8.89. The summed E-state index contributed by atoms with van der Waals surface area (Å²) < 4.78 is 12.0. The van der Waals surface area contributed by atoms with Gasteiger partial charge in [0.2, 0.25) is 5.95 Å². The van der Waals surface area contributed by atoms with Crippen molar-refractivity contribution in [2.24, 2.45) is 23.2 Å². The molecule has 1 aromatic rings. The first kappa shape index (κ1) is 19.0. The van der Waals surface area contributed by atoms with E-state index in [4.69, 9.17) is 9.47 Å². The van der Waals surface area contributed by atoms with Crippen LogP contribution in [0.4, 0.5) is 5.95 Å². The van der Waals surface area contributed by atoms with Gasteiger partial charge in [0.25, 0.3) is 0 Å². The molecule has 6 atom stereocenters. The highest BCUT2D eigenvalue weighted by Gasteiger charge is 2.65. The lowest BCUT2D eigenvalue weighted by Gasteiger charge is -2.51. The van der Waals surface area contributed by atoms with E-state index in [1.807, 2.05) is 6.07 Å². The third-order valence-electron chi connectivity index (χ3n) is 8.89. The van der Waals surface area contributed by atoms with E-state index in [1.165, 1.54) is 24.2 Å². The Bertz CT molecular complexity index is 808. The maximum atomic E-state index is 12.9. The van der Waals surface area contributed by atoms with E-state index in [1.54, 1.807) is 12.4 Å². The number of anilines is 1. The maximum Gasteiger partial charge on any atom is 0.315 e. The number of rotatable bonds is 3. The number of hydrogen-bond acceptors (Lipinski definition) is 6. The van der Waals surface area contributed by atoms with Crippen LogP contribution in [0, 0.1) is 23.2 Å². The van der Waals surface area contributed by atoms with E-state index in [9.17, 15) is 4.79 Å². The molecule has 0 unspecified atom stereocenters. The highest BCUT2D eigenvalue weighted by atomic mass is 16.6. The Labute approximate surface area is 178 Å². The predicted molar refractivity (Wildman–Crippen MR) is 110 cm³/mol. The van der Waals surface area contributed by atoms with E-state index in [2.05, 4.69) is 21.8 Å². The number of carbonyl (C=O) groups is 1. The zero-order valence-electron chi connectivity index (χ0n) is 17.9. The van der Waals surface area contributed by atoms with Gasteiger partial charge in [0.15, 0.2) is 0 Å². The molecule has 1 aromatic heterocycles. The first-order chi connectivity index (χ1) is 14.6. The van der Waals surface area contributed by atoms with Crippen molar-refractivity contribution in [3.8, 4) is 0 Å². The van der Waals surface area contributed by atoms with E-state index >= 15 is 0 Å². The molecule has 4 heterocycles. The van der Waals surface area contributed by atoms with E-state index in [0.717, 1.165) is 58.1 Å². The van der Waals surface area contributed by atoms with Crippen molar-refractivity contribution in [3.05, 3.63) is 18.5 Å². The molecule has 5 aliphatic rings. The minimum absolute atomic E-state index is 0.0480. The van der Waals surface area contributed by atoms with Crippen molar-refractivity contribution >= 4 is 11.9 Å². The van der Waals surface area contributed by atoms with Crippen molar-refractivity contribution in [1.82, 2.24) is 9.97 Å². The molecule has 3 aliphatic heterocycles. The van der Waals surface area contributed by atoms with E-state index in [-0.39, 0.29) is 29.0 Å². The van der Waals surface area contributed by atoms with Gasteiger partial charge in [-0.05, 0) is 49.5 Å². The average molecular weight is 414 g/mol. The number of quaternary nitrogens is 1. The van der Waals surface area contributed by atoms with E-state index < -0.39 is 0 Å². The third kappa shape index (κ3) is 3.04. The van der Waals surface area contributed by atoms with Crippen molar-refractivity contribution in [2.45, 2.75) is 50.7 Å². The molecular weight excluding hydrogens is 380 g/mol. The lowest BCUT2D eigenvalue weighted by molar-refractivity contribution is -0.903. The number of nitrogens with zero attached hydrogens (tertiary/aromatic N) is 3. The standard InChI is InChI=1S/C23H32N4O3/c1-22-4-2-5-23(15-29-23)19(22)12-16-17(20(28)30-18(16)13-22)14-26-8-10-27(11-9-26)21-24-6-3-7-25-21/h3,6-7,16-19H,2,4-5,8-15H2,1H3/p+1/t16-,17-,18-,19+,22-,23-/m1/s1. The van der Waals surface area contributed by atoms with Crippen molar-refractivity contribution in [3.63, 3.8) is 0 Å². The van der Waals surface area contributed by atoms with Gasteiger partial charge in [-0.1, -0.05) is 6.92 Å². The molecule has 2 saturated carbocycles. The van der Waals surface area contributed by atoms with Gasteiger partial charge in [0, 0.05) is 18.3 Å². The molecular formula is C23H33N4O3+. The van der Waals surface area contributed by atoms with Crippen LogP contribution in [0.5, 0.6) is 0 Å². The summed E-state index contributed by atoms with van der Waals surface area (Å²) in [6.45, 7) is 8.17. The highest BCUT2D eigenvalue weighted by molar-refractivity contribution is 5.75.